The van der Waals surface area contributed by atoms with Crippen LogP contribution >= 0.6 is 12.2 Å². The molecule has 0 saturated heterocycles. The highest BCUT2D eigenvalue weighted by Gasteiger charge is 2.11. The molecule has 0 aliphatic carbocycles. The van der Waals surface area contributed by atoms with Crippen molar-refractivity contribution in [2.75, 3.05) is 20.1 Å². The number of thiocarbonyl (C=S) groups is 1. The van der Waals surface area contributed by atoms with Gasteiger partial charge in [0.05, 0.1) is 0 Å². The van der Waals surface area contributed by atoms with Gasteiger partial charge in [-0.05, 0) is 87.3 Å². The summed E-state index contributed by atoms with van der Waals surface area (Å²) >= 11 is 5.35. The number of amidine groups is 1. The first-order valence-electron chi connectivity index (χ1n) is 10.8. The van der Waals surface area contributed by atoms with Crippen molar-refractivity contribution in [3.8, 4) is 5.75 Å². The Kier molecular flexibility index (Phi) is 11.4. The molecule has 0 aliphatic rings. The summed E-state index contributed by atoms with van der Waals surface area (Å²) in [6.45, 7) is 18.3. The maximum Gasteiger partial charge on any atom is 0.290 e. The molecule has 1 atom stereocenters. The van der Waals surface area contributed by atoms with E-state index < -0.39 is 0 Å². The van der Waals surface area contributed by atoms with Crippen molar-refractivity contribution in [2.45, 2.75) is 54.4 Å². The molecule has 0 spiro atoms. The molecule has 1 unspecified atom stereocenters. The third kappa shape index (κ3) is 9.57. The Labute approximate surface area is 193 Å². The van der Waals surface area contributed by atoms with Gasteiger partial charge >= 0.3 is 0 Å². The molecular formula is C25H38N4OS. The minimum absolute atomic E-state index is 0.0686. The Morgan fingerprint density at radius 3 is 2.55 bits per heavy atom. The van der Waals surface area contributed by atoms with E-state index in [1.165, 1.54) is 11.1 Å². The first-order valence-corrected chi connectivity index (χ1v) is 11.2. The molecule has 1 aromatic carbocycles. The molecule has 31 heavy (non-hydrogen) atoms. The Morgan fingerprint density at radius 2 is 1.97 bits per heavy atom. The average molecular weight is 443 g/mol. The van der Waals surface area contributed by atoms with Crippen LogP contribution in [0.3, 0.4) is 0 Å². The van der Waals surface area contributed by atoms with E-state index in [1.54, 1.807) is 6.21 Å². The lowest BCUT2D eigenvalue weighted by Crippen LogP contribution is -2.21. The smallest absolute Gasteiger partial charge is 0.290 e. The van der Waals surface area contributed by atoms with Gasteiger partial charge in [0.15, 0.2) is 5.84 Å². The lowest BCUT2D eigenvalue weighted by molar-refractivity contribution is 0.357. The number of hydrogen-bond acceptors (Lipinski definition) is 4. The van der Waals surface area contributed by atoms with Crippen LogP contribution in [0.2, 0.25) is 0 Å². The first-order chi connectivity index (χ1) is 14.6. The zero-order valence-corrected chi connectivity index (χ0v) is 21.0. The van der Waals surface area contributed by atoms with Gasteiger partial charge in [0, 0.05) is 12.8 Å². The molecule has 0 fully saturated rings. The summed E-state index contributed by atoms with van der Waals surface area (Å²) in [6, 6.07) is 4.18. The highest BCUT2D eigenvalue weighted by atomic mass is 32.1. The van der Waals surface area contributed by atoms with Crippen LogP contribution < -0.4 is 10.5 Å². The van der Waals surface area contributed by atoms with Crippen LogP contribution in [0.15, 0.2) is 46.0 Å². The molecule has 170 valence electrons. The van der Waals surface area contributed by atoms with Crippen LogP contribution in [-0.4, -0.2) is 42.3 Å². The lowest BCUT2D eigenvalue weighted by Gasteiger charge is -2.16. The van der Waals surface area contributed by atoms with Crippen molar-refractivity contribution in [2.24, 2.45) is 21.6 Å². The summed E-state index contributed by atoms with van der Waals surface area (Å²) in [6.07, 6.45) is 5.62. The maximum absolute atomic E-state index is 6.20. The quantitative estimate of drug-likeness (QED) is 0.299. The maximum atomic E-state index is 6.20. The number of nitrogens with zero attached hydrogens (tertiary/aromatic N) is 3. The molecule has 0 radical (unpaired) electrons. The minimum Gasteiger partial charge on any atom is -0.430 e. The number of ether oxygens (including phenoxy) is 1. The molecule has 0 bridgehead atoms. The highest BCUT2D eigenvalue weighted by Crippen LogP contribution is 2.24. The predicted molar refractivity (Wildman–Crippen MR) is 138 cm³/mol. The Balaban J connectivity index is 3.02. The number of nitrogens with two attached hydrogens (primary N) is 1. The van der Waals surface area contributed by atoms with Crippen molar-refractivity contribution in [3.05, 3.63) is 52.7 Å². The van der Waals surface area contributed by atoms with E-state index in [1.807, 2.05) is 26.0 Å². The summed E-state index contributed by atoms with van der Waals surface area (Å²) < 4.78 is 5.86. The zero-order chi connectivity index (χ0) is 23.6. The molecule has 0 saturated carbocycles. The number of likely N-dealkylation sites (N-methyl/N-ethyl adjacent to an activating group) is 1. The third-order valence-electron chi connectivity index (χ3n) is 5.12. The summed E-state index contributed by atoms with van der Waals surface area (Å²) in [5, 5.41) is 0.0686. The van der Waals surface area contributed by atoms with Crippen molar-refractivity contribution in [1.29, 1.82) is 0 Å². The minimum atomic E-state index is 0.0686. The monoisotopic (exact) mass is 442 g/mol. The van der Waals surface area contributed by atoms with Gasteiger partial charge in [-0.25, -0.2) is 0 Å². The van der Waals surface area contributed by atoms with Crippen molar-refractivity contribution in [3.63, 3.8) is 0 Å². The van der Waals surface area contributed by atoms with Crippen LogP contribution in [0.4, 0.5) is 0 Å². The molecule has 0 aliphatic heterocycles. The Hall–Kier alpha value is -2.31. The van der Waals surface area contributed by atoms with Crippen LogP contribution in [-0.2, 0) is 6.42 Å². The van der Waals surface area contributed by atoms with Crippen molar-refractivity contribution < 1.29 is 4.74 Å². The number of hydrogen-bond donors (Lipinski definition) is 1. The molecule has 0 amide bonds. The van der Waals surface area contributed by atoms with Gasteiger partial charge in [0.25, 0.3) is 5.17 Å². The Bertz CT molecular complexity index is 871. The van der Waals surface area contributed by atoms with E-state index >= 15 is 0 Å². The van der Waals surface area contributed by atoms with Gasteiger partial charge in [-0.2, -0.15) is 4.99 Å². The van der Waals surface area contributed by atoms with Gasteiger partial charge in [0.2, 0.25) is 0 Å². The fourth-order valence-electron chi connectivity index (χ4n) is 2.73. The van der Waals surface area contributed by atoms with Crippen molar-refractivity contribution >= 4 is 29.4 Å². The number of rotatable bonds is 10. The van der Waals surface area contributed by atoms with Crippen LogP contribution in [0.25, 0.3) is 0 Å². The van der Waals surface area contributed by atoms with E-state index in [2.05, 4.69) is 62.3 Å². The van der Waals surface area contributed by atoms with E-state index in [-0.39, 0.29) is 11.0 Å². The first kappa shape index (κ1) is 26.7. The second kappa shape index (κ2) is 13.2. The van der Waals surface area contributed by atoms with E-state index in [4.69, 9.17) is 22.7 Å². The third-order valence-corrected chi connectivity index (χ3v) is 5.29. The number of allylic oxidation sites excluding steroid dienone is 2. The van der Waals surface area contributed by atoms with Gasteiger partial charge < -0.3 is 15.4 Å². The topological polar surface area (TPSA) is 63.2 Å². The average Bonchev–Trinajstić information content (AvgIpc) is 2.71. The summed E-state index contributed by atoms with van der Waals surface area (Å²) in [4.78, 5) is 11.0. The SMILES string of the molecule is C=C(C)C=NC(=C\C(C)CC)/C(N)=N/C(=S)Oc1cc(C)c(CCN(C)CC)cc1C. The molecule has 1 aromatic rings. The number of aryl methyl sites for hydroxylation is 2. The largest absolute Gasteiger partial charge is 0.430 e. The highest BCUT2D eigenvalue weighted by molar-refractivity contribution is 7.80. The van der Waals surface area contributed by atoms with E-state index in [9.17, 15) is 0 Å². The summed E-state index contributed by atoms with van der Waals surface area (Å²) in [5.41, 5.74) is 11.1. The number of benzene rings is 1. The molecular weight excluding hydrogens is 404 g/mol. The zero-order valence-electron chi connectivity index (χ0n) is 20.2. The van der Waals surface area contributed by atoms with Gasteiger partial charge in [-0.3, -0.25) is 4.99 Å². The van der Waals surface area contributed by atoms with Crippen molar-refractivity contribution in [1.82, 2.24) is 4.90 Å². The van der Waals surface area contributed by atoms with Gasteiger partial charge in [-0.15, -0.1) is 0 Å². The number of aliphatic imine (C=N–C) groups is 2. The standard InChI is InChI=1S/C25H38N4OS/c1-9-18(5)13-22(27-16-17(3)4)24(26)28-25(31)30-23-15-19(6)21(14-20(23)7)11-12-29(8)10-2/h13-16,18H,3,9-12H2,1-2,4-8H3,(H2,26,28,31)/b22-13-,27-16?. The van der Waals surface area contributed by atoms with E-state index in [0.717, 1.165) is 37.1 Å². The normalized spacial score (nSPS) is 13.7. The second-order valence-electron chi connectivity index (χ2n) is 8.10. The Morgan fingerprint density at radius 1 is 1.29 bits per heavy atom. The van der Waals surface area contributed by atoms with Crippen LogP contribution in [0.5, 0.6) is 5.75 Å². The molecule has 0 aromatic heterocycles. The van der Waals surface area contributed by atoms with E-state index in [0.29, 0.717) is 17.4 Å². The van der Waals surface area contributed by atoms with Crippen LogP contribution in [0, 0.1) is 19.8 Å². The van der Waals surface area contributed by atoms with Gasteiger partial charge in [-0.1, -0.05) is 45.9 Å². The molecule has 0 heterocycles. The van der Waals surface area contributed by atoms with Crippen LogP contribution in [0.1, 0.15) is 50.8 Å². The summed E-state index contributed by atoms with van der Waals surface area (Å²) in [5.74, 6) is 1.24. The predicted octanol–water partition coefficient (Wildman–Crippen LogP) is 5.40. The van der Waals surface area contributed by atoms with Gasteiger partial charge in [0.1, 0.15) is 11.4 Å². The molecule has 5 nitrogen and oxygen atoms in total. The molecule has 2 N–H and O–H groups in total. The fourth-order valence-corrected chi connectivity index (χ4v) is 2.92. The molecule has 6 heteroatoms. The second-order valence-corrected chi connectivity index (χ2v) is 8.45. The lowest BCUT2D eigenvalue weighted by atomic mass is 10.0. The fraction of sp³-hybridized carbons (Fsp3) is 0.480. The summed E-state index contributed by atoms with van der Waals surface area (Å²) in [7, 11) is 2.13. The molecule has 1 rings (SSSR count).